The maximum Gasteiger partial charge on any atom is 0.297 e. The topological polar surface area (TPSA) is 192 Å². The summed E-state index contributed by atoms with van der Waals surface area (Å²) in [6.07, 6.45) is 13.8. The normalized spacial score (nSPS) is 23.2. The van der Waals surface area contributed by atoms with Crippen molar-refractivity contribution in [2.75, 3.05) is 36.5 Å². The van der Waals surface area contributed by atoms with E-state index in [-0.39, 0.29) is 41.5 Å². The fourth-order valence-electron chi connectivity index (χ4n) is 11.5. The lowest BCUT2D eigenvalue weighted by Gasteiger charge is -2.56. The Balaban J connectivity index is 0.848. The van der Waals surface area contributed by atoms with E-state index in [0.29, 0.717) is 47.2 Å². The summed E-state index contributed by atoms with van der Waals surface area (Å²) in [6, 6.07) is 20.8. The van der Waals surface area contributed by atoms with E-state index in [1.54, 1.807) is 30.6 Å². The lowest BCUT2D eigenvalue weighted by Crippen LogP contribution is -2.54. The molecule has 4 N–H and O–H groups in total. The van der Waals surface area contributed by atoms with Gasteiger partial charge in [-0.25, -0.2) is 18.1 Å². The number of pyridine rings is 1. The number of H-pyrrole nitrogens is 1. The number of aliphatic hydroxyl groups excluding tert-OH is 1. The molecule has 5 aliphatic rings. The molecule has 2 saturated heterocycles. The van der Waals surface area contributed by atoms with Crippen LogP contribution in [-0.2, 0) is 10.0 Å². The molecule has 10 rings (SSSR count). The second-order valence-corrected chi connectivity index (χ2v) is 21.3. The highest BCUT2D eigenvalue weighted by molar-refractivity contribution is 7.90. The molecule has 3 aliphatic heterocycles. The van der Waals surface area contributed by atoms with E-state index in [1.807, 2.05) is 12.1 Å². The van der Waals surface area contributed by atoms with Crippen LogP contribution in [0.5, 0.6) is 17.2 Å². The Kier molecular flexibility index (Phi) is 11.9. The SMILES string of the molecule is CC(C)c1ccccc1[C@@H]1CCCN1C1CC2(CCN(c3ccc(C(=O)NS(=O)(=O)c4cc5c(c([N+](=O)[O-])c4)N[C@H](CC4CCC(O)CC4)CO5)c(Oc4cnc5[nH]ccc5c4)c3)CC2)C1. The van der Waals surface area contributed by atoms with E-state index >= 15 is 0 Å². The van der Waals surface area contributed by atoms with Crippen LogP contribution < -0.4 is 24.4 Å². The van der Waals surface area contributed by atoms with Gasteiger partial charge in [0.2, 0.25) is 0 Å². The molecule has 5 heterocycles. The molecule has 1 amide bonds. The number of hydrogen-bond acceptors (Lipinski definition) is 12. The van der Waals surface area contributed by atoms with E-state index in [2.05, 4.69) is 67.9 Å². The van der Waals surface area contributed by atoms with Gasteiger partial charge in [-0.2, -0.15) is 0 Å². The highest BCUT2D eigenvalue weighted by atomic mass is 32.2. The number of piperidine rings is 1. The van der Waals surface area contributed by atoms with Crippen LogP contribution in [0.25, 0.3) is 11.0 Å². The van der Waals surface area contributed by atoms with Crippen molar-refractivity contribution < 1.29 is 32.7 Å². The highest BCUT2D eigenvalue weighted by Gasteiger charge is 2.50. The molecule has 348 valence electrons. The van der Waals surface area contributed by atoms with Crippen LogP contribution in [0.4, 0.5) is 17.1 Å². The smallest absolute Gasteiger partial charge is 0.297 e. The molecule has 2 aliphatic carbocycles. The van der Waals surface area contributed by atoms with Gasteiger partial charge in [-0.15, -0.1) is 0 Å². The summed E-state index contributed by atoms with van der Waals surface area (Å²) in [4.78, 5) is 37.9. The average Bonchev–Trinajstić information content (AvgIpc) is 3.99. The van der Waals surface area contributed by atoms with Crippen LogP contribution in [0, 0.1) is 21.4 Å². The Morgan fingerprint density at radius 1 is 1.03 bits per heavy atom. The number of hydrogen-bond donors (Lipinski definition) is 4. The Morgan fingerprint density at radius 3 is 2.59 bits per heavy atom. The standard InChI is InChI=1S/C50H59N7O8S/c1-31(2)40-6-3-4-7-41(40)43-8-5-19-56(43)36-27-50(28-36)16-20-55(21-17-50)35-11-14-42(45(24-35)65-38-23-33-15-18-51-48(33)52-29-38)49(59)54-66(62,63)39-25-44(57(60)61)47-46(26-39)64-30-34(53-47)22-32-9-12-37(58)13-10-32/h3-4,6-7,11,14-15,18,23-26,29,31-32,34,36-37,43,53,58H,5,8-10,12-13,16-17,19-22,27-28,30H2,1-2H3,(H,51,52)(H,54,59)/t32?,34-,37?,43+/m1/s1. The number of aromatic nitrogens is 2. The maximum atomic E-state index is 14.1. The number of aliphatic hydroxyl groups is 1. The van der Waals surface area contributed by atoms with Crippen molar-refractivity contribution in [2.45, 2.75) is 120 Å². The zero-order chi connectivity index (χ0) is 45.7. The van der Waals surface area contributed by atoms with Crippen molar-refractivity contribution in [1.82, 2.24) is 19.6 Å². The summed E-state index contributed by atoms with van der Waals surface area (Å²) in [5.74, 6) is 0.385. The van der Waals surface area contributed by atoms with Crippen LogP contribution >= 0.6 is 0 Å². The van der Waals surface area contributed by atoms with Gasteiger partial charge in [-0.1, -0.05) is 38.1 Å². The zero-order valence-corrected chi connectivity index (χ0v) is 38.4. The molecule has 66 heavy (non-hydrogen) atoms. The molecule has 2 saturated carbocycles. The second kappa shape index (κ2) is 17.8. The van der Waals surface area contributed by atoms with Gasteiger partial charge in [-0.05, 0) is 130 Å². The Hall–Kier alpha value is -5.71. The number of carbonyl (C=O) groups excluding carboxylic acids is 1. The van der Waals surface area contributed by atoms with E-state index in [4.69, 9.17) is 9.47 Å². The van der Waals surface area contributed by atoms with Crippen LogP contribution in [-0.4, -0.2) is 83.7 Å². The van der Waals surface area contributed by atoms with Gasteiger partial charge in [0.25, 0.3) is 21.6 Å². The van der Waals surface area contributed by atoms with Gasteiger partial charge >= 0.3 is 0 Å². The van der Waals surface area contributed by atoms with Gasteiger partial charge < -0.3 is 29.8 Å². The quantitative estimate of drug-likeness (QED) is 0.0686. The summed E-state index contributed by atoms with van der Waals surface area (Å²) >= 11 is 0. The first kappa shape index (κ1) is 44.1. The number of rotatable bonds is 12. The molecular formula is C50H59N7O8S. The van der Waals surface area contributed by atoms with Gasteiger partial charge in [0.15, 0.2) is 11.4 Å². The number of aromatic amines is 1. The third-order valence-electron chi connectivity index (χ3n) is 15.1. The fourth-order valence-corrected chi connectivity index (χ4v) is 12.5. The number of anilines is 2. The van der Waals surface area contributed by atoms with Gasteiger partial charge in [0.05, 0.1) is 33.7 Å². The number of nitrogens with one attached hydrogen (secondary N) is 3. The molecule has 0 radical (unpaired) electrons. The zero-order valence-electron chi connectivity index (χ0n) is 37.6. The molecule has 0 bridgehead atoms. The molecule has 5 aromatic rings. The summed E-state index contributed by atoms with van der Waals surface area (Å²) in [5, 5.41) is 26.3. The molecular weight excluding hydrogens is 859 g/mol. The third-order valence-corrected chi connectivity index (χ3v) is 16.4. The van der Waals surface area contributed by atoms with Crippen molar-refractivity contribution in [3.8, 4) is 17.2 Å². The Morgan fingerprint density at radius 2 is 1.82 bits per heavy atom. The number of fused-ring (bicyclic) bond motifs is 2. The molecule has 2 atom stereocenters. The number of nitro groups is 1. The summed E-state index contributed by atoms with van der Waals surface area (Å²) in [6.45, 7) is 7.57. The number of likely N-dealkylation sites (tertiary alicyclic amines) is 1. The van der Waals surface area contributed by atoms with Crippen molar-refractivity contribution in [3.63, 3.8) is 0 Å². The van der Waals surface area contributed by atoms with E-state index < -0.39 is 31.4 Å². The maximum absolute atomic E-state index is 14.1. The molecule has 15 nitrogen and oxygen atoms in total. The Bertz CT molecular complexity index is 2740. The minimum absolute atomic E-state index is 0.0155. The highest BCUT2D eigenvalue weighted by Crippen LogP contribution is 2.54. The van der Waals surface area contributed by atoms with Crippen LogP contribution in [0.15, 0.2) is 84.0 Å². The number of carbonyl (C=O) groups is 1. The summed E-state index contributed by atoms with van der Waals surface area (Å²) < 4.78 is 42.4. The van der Waals surface area contributed by atoms with Crippen molar-refractivity contribution >= 4 is 44.0 Å². The van der Waals surface area contributed by atoms with E-state index in [0.717, 1.165) is 75.3 Å². The first-order chi connectivity index (χ1) is 31.8. The second-order valence-electron chi connectivity index (χ2n) is 19.7. The molecule has 1 spiro atoms. The van der Waals surface area contributed by atoms with E-state index in [1.165, 1.54) is 42.9 Å². The number of benzene rings is 3. The van der Waals surface area contributed by atoms with Gasteiger partial charge in [0, 0.05) is 60.6 Å². The number of sulfonamides is 1. The van der Waals surface area contributed by atoms with Gasteiger partial charge in [0.1, 0.15) is 23.8 Å². The number of nitro benzene ring substituents is 1. The molecule has 3 aromatic carbocycles. The monoisotopic (exact) mass is 917 g/mol. The molecule has 0 unspecified atom stereocenters. The van der Waals surface area contributed by atoms with Crippen molar-refractivity contribution in [2.24, 2.45) is 11.3 Å². The third kappa shape index (κ3) is 8.82. The largest absolute Gasteiger partial charge is 0.489 e. The Labute approximate surface area is 385 Å². The van der Waals surface area contributed by atoms with Crippen LogP contribution in [0.1, 0.15) is 118 Å². The lowest BCUT2D eigenvalue weighted by molar-refractivity contribution is -0.384. The summed E-state index contributed by atoms with van der Waals surface area (Å²) in [7, 11) is -4.65. The minimum Gasteiger partial charge on any atom is -0.489 e. The first-order valence-corrected chi connectivity index (χ1v) is 25.1. The van der Waals surface area contributed by atoms with Crippen LogP contribution in [0.3, 0.4) is 0 Å². The fraction of sp³-hybridized carbons (Fsp3) is 0.480. The number of ether oxygens (including phenoxy) is 2. The molecule has 2 aromatic heterocycles. The van der Waals surface area contributed by atoms with Crippen molar-refractivity contribution in [1.29, 1.82) is 0 Å². The molecule has 4 fully saturated rings. The summed E-state index contributed by atoms with van der Waals surface area (Å²) in [5.41, 5.74) is 4.36. The first-order valence-electron chi connectivity index (χ1n) is 23.6. The predicted molar refractivity (Wildman–Crippen MR) is 252 cm³/mol. The van der Waals surface area contributed by atoms with E-state index in [9.17, 15) is 28.4 Å². The molecule has 16 heteroatoms. The van der Waals surface area contributed by atoms with Crippen LogP contribution in [0.2, 0.25) is 0 Å². The van der Waals surface area contributed by atoms with Gasteiger partial charge in [-0.3, -0.25) is 19.8 Å². The lowest BCUT2D eigenvalue weighted by atomic mass is 9.59. The number of nitrogens with zero attached hydrogens (tertiary/aromatic N) is 4. The minimum atomic E-state index is -4.65. The van der Waals surface area contributed by atoms with Crippen molar-refractivity contribution in [3.05, 3.63) is 106 Å². The average molecular weight is 918 g/mol. The predicted octanol–water partition coefficient (Wildman–Crippen LogP) is 9.21. The number of amides is 1.